The van der Waals surface area contributed by atoms with E-state index in [9.17, 15) is 14.4 Å². The number of nitrogens with zero attached hydrogens (tertiary/aromatic N) is 1. The Bertz CT molecular complexity index is 971. The van der Waals surface area contributed by atoms with Crippen molar-refractivity contribution in [2.24, 2.45) is 0 Å². The number of H-pyrrole nitrogens is 1. The second-order valence-corrected chi connectivity index (χ2v) is 6.46. The van der Waals surface area contributed by atoms with Gasteiger partial charge in [0.15, 0.2) is 5.78 Å². The molecule has 0 amide bonds. The van der Waals surface area contributed by atoms with E-state index in [0.717, 1.165) is 22.3 Å². The number of carbonyl (C=O) groups excluding carboxylic acids is 1. The van der Waals surface area contributed by atoms with E-state index in [1.54, 1.807) is 17.7 Å². The molecule has 2 aromatic heterocycles. The highest BCUT2D eigenvalue weighted by Gasteiger charge is 2.13. The van der Waals surface area contributed by atoms with Gasteiger partial charge in [-0.3, -0.25) is 4.79 Å². The number of aryl methyl sites for hydroxylation is 2. The highest BCUT2D eigenvalue weighted by molar-refractivity contribution is 7.17. The standard InChI is InChI=1S/C15H14N2OS.C4H4O4/c1-10-13(17-9-16-10)6-7-14(18)12-8-19-15-5-3-2-4-11(12)15;5-3(6)1-2-4(7)8/h2-5,8-9H,6-7H2,1H3,(H,16,17);1-2H,(H,5,6)(H,7,8). The van der Waals surface area contributed by atoms with Gasteiger partial charge in [0.2, 0.25) is 0 Å². The van der Waals surface area contributed by atoms with Gasteiger partial charge in [-0.25, -0.2) is 14.6 Å². The van der Waals surface area contributed by atoms with Gasteiger partial charge >= 0.3 is 11.9 Å². The van der Waals surface area contributed by atoms with Gasteiger partial charge in [-0.15, -0.1) is 11.3 Å². The van der Waals surface area contributed by atoms with Crippen molar-refractivity contribution < 1.29 is 24.6 Å². The van der Waals surface area contributed by atoms with Crippen LogP contribution in [-0.2, 0) is 16.0 Å². The van der Waals surface area contributed by atoms with Crippen molar-refractivity contribution in [1.82, 2.24) is 9.97 Å². The number of aliphatic carboxylic acids is 2. The second kappa shape index (κ2) is 9.44. The number of carboxylic acids is 2. The van der Waals surface area contributed by atoms with Gasteiger partial charge in [0, 0.05) is 45.3 Å². The SMILES string of the molecule is Cc1[nH]cnc1CCC(=O)c1csc2ccccc12.O=C(O)C=CC(=O)O. The minimum atomic E-state index is -1.26. The van der Waals surface area contributed by atoms with Gasteiger partial charge in [0.05, 0.1) is 12.0 Å². The quantitative estimate of drug-likeness (QED) is 0.441. The molecule has 0 spiro atoms. The summed E-state index contributed by atoms with van der Waals surface area (Å²) in [4.78, 5) is 38.7. The Labute approximate surface area is 159 Å². The summed E-state index contributed by atoms with van der Waals surface area (Å²) in [5, 5.41) is 18.7. The van der Waals surface area contributed by atoms with Crippen LogP contribution in [0.2, 0.25) is 0 Å². The maximum absolute atomic E-state index is 12.3. The molecule has 3 rings (SSSR count). The van der Waals surface area contributed by atoms with E-state index in [1.807, 2.05) is 30.5 Å². The summed E-state index contributed by atoms with van der Waals surface area (Å²) in [5.41, 5.74) is 2.87. The second-order valence-electron chi connectivity index (χ2n) is 5.55. The molecule has 2 heterocycles. The third-order valence-electron chi connectivity index (χ3n) is 3.67. The molecule has 7 nitrogen and oxygen atoms in total. The number of aromatic nitrogens is 2. The zero-order valence-electron chi connectivity index (χ0n) is 14.5. The minimum Gasteiger partial charge on any atom is -0.478 e. The summed E-state index contributed by atoms with van der Waals surface area (Å²) in [6, 6.07) is 8.04. The Balaban J connectivity index is 0.000000279. The molecule has 0 aliphatic carbocycles. The Hall–Kier alpha value is -3.26. The first-order chi connectivity index (χ1) is 12.9. The highest BCUT2D eigenvalue weighted by atomic mass is 32.1. The number of imidazole rings is 1. The molecule has 3 aromatic rings. The predicted octanol–water partition coefficient (Wildman–Crippen LogP) is 3.46. The fourth-order valence-electron chi connectivity index (χ4n) is 2.34. The summed E-state index contributed by atoms with van der Waals surface area (Å²) < 4.78 is 1.17. The number of carbonyl (C=O) groups is 3. The van der Waals surface area contributed by atoms with Gasteiger partial charge in [0.1, 0.15) is 0 Å². The number of rotatable bonds is 6. The van der Waals surface area contributed by atoms with Crippen LogP contribution in [0.4, 0.5) is 0 Å². The third-order valence-corrected chi connectivity index (χ3v) is 4.64. The van der Waals surface area contributed by atoms with E-state index in [1.165, 1.54) is 4.70 Å². The Morgan fingerprint density at radius 1 is 1.15 bits per heavy atom. The Kier molecular flexibility index (Phi) is 7.01. The molecule has 0 aliphatic heterocycles. The first-order valence-corrected chi connectivity index (χ1v) is 8.88. The van der Waals surface area contributed by atoms with Crippen LogP contribution in [0.1, 0.15) is 28.2 Å². The van der Waals surface area contributed by atoms with Gasteiger partial charge in [-0.05, 0) is 19.4 Å². The van der Waals surface area contributed by atoms with Crippen LogP contribution in [-0.4, -0.2) is 37.9 Å². The van der Waals surface area contributed by atoms with E-state index in [2.05, 4.69) is 16.0 Å². The molecule has 27 heavy (non-hydrogen) atoms. The summed E-state index contributed by atoms with van der Waals surface area (Å²) >= 11 is 1.63. The maximum Gasteiger partial charge on any atom is 0.328 e. The maximum atomic E-state index is 12.3. The molecule has 0 saturated heterocycles. The smallest absolute Gasteiger partial charge is 0.328 e. The minimum absolute atomic E-state index is 0.194. The summed E-state index contributed by atoms with van der Waals surface area (Å²) in [6.07, 6.45) is 3.99. The van der Waals surface area contributed by atoms with Crippen molar-refractivity contribution in [3.63, 3.8) is 0 Å². The lowest BCUT2D eigenvalue weighted by Crippen LogP contribution is -2.01. The number of Topliss-reactive ketones (excluding diaryl/α,β-unsaturated/α-hetero) is 1. The van der Waals surface area contributed by atoms with Gasteiger partial charge in [-0.2, -0.15) is 0 Å². The molecule has 3 N–H and O–H groups in total. The first-order valence-electron chi connectivity index (χ1n) is 8.00. The molecule has 0 bridgehead atoms. The monoisotopic (exact) mass is 386 g/mol. The first kappa shape index (κ1) is 20.1. The normalized spacial score (nSPS) is 10.6. The highest BCUT2D eigenvalue weighted by Crippen LogP contribution is 2.26. The number of benzene rings is 1. The van der Waals surface area contributed by atoms with Crippen LogP contribution in [0.15, 0.2) is 48.1 Å². The third kappa shape index (κ3) is 5.89. The molecule has 0 unspecified atom stereocenters. The summed E-state index contributed by atoms with van der Waals surface area (Å²) in [7, 11) is 0. The topological polar surface area (TPSA) is 120 Å². The van der Waals surface area contributed by atoms with Crippen molar-refractivity contribution >= 4 is 39.1 Å². The van der Waals surface area contributed by atoms with Crippen LogP contribution in [0.25, 0.3) is 10.1 Å². The molecule has 140 valence electrons. The largest absolute Gasteiger partial charge is 0.478 e. The molecule has 0 aliphatic rings. The van der Waals surface area contributed by atoms with Crippen LogP contribution in [0, 0.1) is 6.92 Å². The fourth-order valence-corrected chi connectivity index (χ4v) is 3.31. The molecular weight excluding hydrogens is 368 g/mol. The molecule has 0 radical (unpaired) electrons. The number of fused-ring (bicyclic) bond motifs is 1. The number of carboxylic acid groups (broad SMARTS) is 2. The van der Waals surface area contributed by atoms with E-state index >= 15 is 0 Å². The fraction of sp³-hybridized carbons (Fsp3) is 0.158. The molecule has 0 atom stereocenters. The molecule has 0 saturated carbocycles. The zero-order valence-corrected chi connectivity index (χ0v) is 15.3. The molecule has 0 fully saturated rings. The number of nitrogens with one attached hydrogen (secondary N) is 1. The van der Waals surface area contributed by atoms with Crippen molar-refractivity contribution in [3.05, 3.63) is 65.1 Å². The van der Waals surface area contributed by atoms with Gasteiger partial charge in [-0.1, -0.05) is 18.2 Å². The zero-order chi connectivity index (χ0) is 19.8. The van der Waals surface area contributed by atoms with Crippen LogP contribution >= 0.6 is 11.3 Å². The summed E-state index contributed by atoms with van der Waals surface area (Å²) in [6.45, 7) is 1.98. The molecule has 8 heteroatoms. The van der Waals surface area contributed by atoms with E-state index in [0.29, 0.717) is 25.0 Å². The lowest BCUT2D eigenvalue weighted by molar-refractivity contribution is -0.134. The Morgan fingerprint density at radius 2 is 1.81 bits per heavy atom. The van der Waals surface area contributed by atoms with Crippen molar-refractivity contribution in [2.75, 3.05) is 0 Å². The van der Waals surface area contributed by atoms with E-state index < -0.39 is 11.9 Å². The lowest BCUT2D eigenvalue weighted by atomic mass is 10.0. The molecular formula is C19H18N2O5S. The lowest BCUT2D eigenvalue weighted by Gasteiger charge is -1.99. The number of hydrogen-bond donors (Lipinski definition) is 3. The molecule has 1 aromatic carbocycles. The van der Waals surface area contributed by atoms with E-state index in [4.69, 9.17) is 10.2 Å². The summed E-state index contributed by atoms with van der Waals surface area (Å²) in [5.74, 6) is -2.32. The van der Waals surface area contributed by atoms with Crippen LogP contribution < -0.4 is 0 Å². The number of aromatic amines is 1. The van der Waals surface area contributed by atoms with E-state index in [-0.39, 0.29) is 5.78 Å². The number of ketones is 1. The van der Waals surface area contributed by atoms with Gasteiger partial charge < -0.3 is 15.2 Å². The Morgan fingerprint density at radius 3 is 2.41 bits per heavy atom. The number of thiophene rings is 1. The van der Waals surface area contributed by atoms with Crippen molar-refractivity contribution in [1.29, 1.82) is 0 Å². The predicted molar refractivity (Wildman–Crippen MR) is 102 cm³/mol. The van der Waals surface area contributed by atoms with Crippen molar-refractivity contribution in [3.8, 4) is 0 Å². The number of hydrogen-bond acceptors (Lipinski definition) is 5. The van der Waals surface area contributed by atoms with Crippen LogP contribution in [0.3, 0.4) is 0 Å². The van der Waals surface area contributed by atoms with Gasteiger partial charge in [0.25, 0.3) is 0 Å². The average molecular weight is 386 g/mol. The van der Waals surface area contributed by atoms with Crippen LogP contribution in [0.5, 0.6) is 0 Å². The average Bonchev–Trinajstić information content (AvgIpc) is 3.24. The van der Waals surface area contributed by atoms with Crippen molar-refractivity contribution in [2.45, 2.75) is 19.8 Å².